The number of amides is 1. The molecule has 30 heavy (non-hydrogen) atoms. The Labute approximate surface area is 182 Å². The third kappa shape index (κ3) is 6.28. The Morgan fingerprint density at radius 1 is 1.07 bits per heavy atom. The van der Waals surface area contributed by atoms with Crippen molar-refractivity contribution in [1.29, 1.82) is 0 Å². The van der Waals surface area contributed by atoms with Crippen LogP contribution in [0.2, 0.25) is 0 Å². The Kier molecular flexibility index (Phi) is 8.31. The van der Waals surface area contributed by atoms with Gasteiger partial charge < -0.3 is 10.2 Å². The second-order valence-corrected chi connectivity index (χ2v) is 10.9. The molecule has 0 radical (unpaired) electrons. The summed E-state index contributed by atoms with van der Waals surface area (Å²) in [6.07, 6.45) is 6.87. The largest absolute Gasteiger partial charge is 0.356 e. The molecular weight excluding hydrogens is 398 g/mol. The van der Waals surface area contributed by atoms with Crippen LogP contribution in [0, 0.1) is 12.8 Å². The number of hydrogen-bond donors (Lipinski definition) is 1. The van der Waals surface area contributed by atoms with Gasteiger partial charge in [-0.2, -0.15) is 4.31 Å². The molecule has 2 heterocycles. The van der Waals surface area contributed by atoms with Crippen molar-refractivity contribution < 1.29 is 13.2 Å². The third-order valence-corrected chi connectivity index (χ3v) is 8.50. The lowest BCUT2D eigenvalue weighted by molar-refractivity contribution is -0.122. The molecule has 2 aliphatic rings. The fourth-order valence-electron chi connectivity index (χ4n) is 4.55. The van der Waals surface area contributed by atoms with E-state index in [1.54, 1.807) is 16.4 Å². The molecule has 3 rings (SSSR count). The van der Waals surface area contributed by atoms with Gasteiger partial charge in [-0.15, -0.1) is 0 Å². The van der Waals surface area contributed by atoms with Crippen molar-refractivity contribution in [2.24, 2.45) is 5.92 Å². The molecule has 2 fully saturated rings. The summed E-state index contributed by atoms with van der Waals surface area (Å²) in [5, 5.41) is 3.06. The van der Waals surface area contributed by atoms with Gasteiger partial charge in [-0.05, 0) is 70.5 Å². The highest BCUT2D eigenvalue weighted by Crippen LogP contribution is 2.25. The number of benzene rings is 1. The fourth-order valence-corrected chi connectivity index (χ4v) is 6.02. The van der Waals surface area contributed by atoms with E-state index in [-0.39, 0.29) is 11.8 Å². The second-order valence-electron chi connectivity index (χ2n) is 8.95. The van der Waals surface area contributed by atoms with Gasteiger partial charge in [0.15, 0.2) is 0 Å². The molecular formula is C23H37N3O3S. The number of hydrogen-bond acceptors (Lipinski definition) is 4. The normalized spacial score (nSPS) is 22.1. The Morgan fingerprint density at radius 3 is 2.43 bits per heavy atom. The van der Waals surface area contributed by atoms with Crippen LogP contribution in [0.1, 0.15) is 57.4 Å². The Morgan fingerprint density at radius 2 is 1.77 bits per heavy atom. The van der Waals surface area contributed by atoms with Crippen LogP contribution in [0.25, 0.3) is 0 Å². The van der Waals surface area contributed by atoms with E-state index in [4.69, 9.17) is 0 Å². The first-order chi connectivity index (χ1) is 14.4. The van der Waals surface area contributed by atoms with Crippen LogP contribution in [0.5, 0.6) is 0 Å². The van der Waals surface area contributed by atoms with E-state index < -0.39 is 10.0 Å². The molecule has 7 heteroatoms. The molecule has 1 N–H and O–H groups in total. The number of piperidine rings is 2. The van der Waals surface area contributed by atoms with Gasteiger partial charge in [-0.3, -0.25) is 4.79 Å². The Balaban J connectivity index is 1.36. The van der Waals surface area contributed by atoms with Crippen LogP contribution < -0.4 is 5.32 Å². The van der Waals surface area contributed by atoms with Crippen molar-refractivity contribution in [3.8, 4) is 0 Å². The molecule has 0 bridgehead atoms. The molecule has 1 aromatic carbocycles. The van der Waals surface area contributed by atoms with E-state index in [0.717, 1.165) is 37.9 Å². The van der Waals surface area contributed by atoms with Gasteiger partial charge in [0.05, 0.1) is 4.90 Å². The summed E-state index contributed by atoms with van der Waals surface area (Å²) < 4.78 is 27.2. The minimum Gasteiger partial charge on any atom is -0.356 e. The molecule has 0 unspecified atom stereocenters. The first kappa shape index (κ1) is 23.2. The molecule has 0 saturated carbocycles. The van der Waals surface area contributed by atoms with E-state index in [1.165, 1.54) is 25.8 Å². The minimum absolute atomic E-state index is 0.0986. The molecule has 1 amide bonds. The van der Waals surface area contributed by atoms with E-state index in [9.17, 15) is 13.2 Å². The lowest BCUT2D eigenvalue weighted by atomic mass is 9.94. The summed E-state index contributed by atoms with van der Waals surface area (Å²) in [7, 11) is -3.44. The van der Waals surface area contributed by atoms with Crippen molar-refractivity contribution >= 4 is 15.9 Å². The zero-order valence-corrected chi connectivity index (χ0v) is 19.3. The summed E-state index contributed by atoms with van der Waals surface area (Å²) in [6.45, 7) is 8.17. The highest BCUT2D eigenvalue weighted by molar-refractivity contribution is 7.89. The van der Waals surface area contributed by atoms with Crippen LogP contribution in [0.4, 0.5) is 0 Å². The maximum atomic E-state index is 12.8. The lowest BCUT2D eigenvalue weighted by Crippen LogP contribution is -2.40. The average Bonchev–Trinajstić information content (AvgIpc) is 2.73. The molecule has 168 valence electrons. The number of nitrogens with zero attached hydrogens (tertiary/aromatic N) is 2. The lowest BCUT2D eigenvalue weighted by Gasteiger charge is -2.33. The monoisotopic (exact) mass is 435 g/mol. The number of sulfonamides is 1. The van der Waals surface area contributed by atoms with Gasteiger partial charge in [0, 0.05) is 38.6 Å². The smallest absolute Gasteiger partial charge is 0.243 e. The van der Waals surface area contributed by atoms with Crippen LogP contribution in [-0.2, 0) is 14.8 Å². The van der Waals surface area contributed by atoms with Crippen molar-refractivity contribution in [3.63, 3.8) is 0 Å². The summed E-state index contributed by atoms with van der Waals surface area (Å²) in [6, 6.07) is 7.67. The van der Waals surface area contributed by atoms with E-state index in [1.807, 2.05) is 19.1 Å². The van der Waals surface area contributed by atoms with Crippen LogP contribution in [0.3, 0.4) is 0 Å². The summed E-state index contributed by atoms with van der Waals surface area (Å²) >= 11 is 0. The molecule has 1 atom stereocenters. The van der Waals surface area contributed by atoms with E-state index >= 15 is 0 Å². The van der Waals surface area contributed by atoms with E-state index in [2.05, 4.69) is 17.1 Å². The first-order valence-electron chi connectivity index (χ1n) is 11.4. The van der Waals surface area contributed by atoms with Gasteiger partial charge in [0.2, 0.25) is 15.9 Å². The third-order valence-electron chi connectivity index (χ3n) is 6.59. The van der Waals surface area contributed by atoms with Gasteiger partial charge >= 0.3 is 0 Å². The van der Waals surface area contributed by atoms with Gasteiger partial charge in [0.25, 0.3) is 0 Å². The van der Waals surface area contributed by atoms with Gasteiger partial charge in [0.1, 0.15) is 0 Å². The second kappa shape index (κ2) is 10.7. The van der Waals surface area contributed by atoms with Crippen molar-refractivity contribution in [2.45, 2.75) is 69.7 Å². The van der Waals surface area contributed by atoms with Crippen molar-refractivity contribution in [3.05, 3.63) is 29.8 Å². The Hall–Kier alpha value is -1.44. The predicted octanol–water partition coefficient (Wildman–Crippen LogP) is 3.17. The Bertz CT molecular complexity index is 786. The van der Waals surface area contributed by atoms with Crippen LogP contribution in [-0.4, -0.2) is 62.3 Å². The number of carbonyl (C=O) groups is 1. The quantitative estimate of drug-likeness (QED) is 0.637. The van der Waals surface area contributed by atoms with Crippen molar-refractivity contribution in [2.75, 3.05) is 32.7 Å². The van der Waals surface area contributed by atoms with Gasteiger partial charge in [-0.25, -0.2) is 8.42 Å². The zero-order chi connectivity index (χ0) is 21.6. The number of carbonyl (C=O) groups excluding carboxylic acids is 1. The highest BCUT2D eigenvalue weighted by Gasteiger charge is 2.30. The summed E-state index contributed by atoms with van der Waals surface area (Å²) in [5.74, 6) is 0.359. The first-order valence-corrected chi connectivity index (χ1v) is 12.9. The summed E-state index contributed by atoms with van der Waals surface area (Å²) in [4.78, 5) is 15.2. The number of likely N-dealkylation sites (tertiary alicyclic amines) is 1. The molecule has 2 aliphatic heterocycles. The standard InChI is InChI=1S/C23H37N3O3S/c1-19-7-9-22(10-8-19)30(28,29)26-16-11-21(12-17-26)18-23(27)24-13-5-15-25-14-4-3-6-20(25)2/h7-10,20-21H,3-6,11-18H2,1-2H3,(H,24,27)/t20-/m0/s1. The van der Waals surface area contributed by atoms with E-state index in [0.29, 0.717) is 30.4 Å². The maximum absolute atomic E-state index is 12.8. The van der Waals surface area contributed by atoms with Crippen molar-refractivity contribution in [1.82, 2.24) is 14.5 Å². The molecule has 1 aromatic rings. The summed E-state index contributed by atoms with van der Waals surface area (Å²) in [5.41, 5.74) is 1.05. The topological polar surface area (TPSA) is 69.7 Å². The molecule has 0 aromatic heterocycles. The fraction of sp³-hybridized carbons (Fsp3) is 0.696. The SMILES string of the molecule is Cc1ccc(S(=O)(=O)N2CCC(CC(=O)NCCCN3CCCC[C@@H]3C)CC2)cc1. The predicted molar refractivity (Wildman–Crippen MR) is 120 cm³/mol. The average molecular weight is 436 g/mol. The zero-order valence-electron chi connectivity index (χ0n) is 18.5. The minimum atomic E-state index is -3.44. The molecule has 6 nitrogen and oxygen atoms in total. The highest BCUT2D eigenvalue weighted by atomic mass is 32.2. The van der Waals surface area contributed by atoms with Crippen LogP contribution >= 0.6 is 0 Å². The number of rotatable bonds is 8. The molecule has 2 saturated heterocycles. The molecule has 0 aliphatic carbocycles. The van der Waals surface area contributed by atoms with Gasteiger partial charge in [-0.1, -0.05) is 24.1 Å². The van der Waals surface area contributed by atoms with Crippen LogP contribution in [0.15, 0.2) is 29.2 Å². The maximum Gasteiger partial charge on any atom is 0.243 e. The molecule has 0 spiro atoms. The number of nitrogens with one attached hydrogen (secondary N) is 1. The number of aryl methyl sites for hydroxylation is 1.